The summed E-state index contributed by atoms with van der Waals surface area (Å²) in [5.41, 5.74) is -0.0619. The van der Waals surface area contributed by atoms with Crippen LogP contribution in [0, 0.1) is 5.92 Å². The maximum atomic E-state index is 5.65. The number of hydrogen-bond donors (Lipinski definition) is 1. The summed E-state index contributed by atoms with van der Waals surface area (Å²) in [5.74, 6) is 0.692. The van der Waals surface area contributed by atoms with Crippen LogP contribution in [0.25, 0.3) is 0 Å². The first-order valence-corrected chi connectivity index (χ1v) is 4.43. The maximum absolute atomic E-state index is 5.65. The lowest BCUT2D eigenvalue weighted by Gasteiger charge is -2.25. The Morgan fingerprint density at radius 1 is 1.64 bits per heavy atom. The van der Waals surface area contributed by atoms with Crippen molar-refractivity contribution in [3.8, 4) is 0 Å². The average Bonchev–Trinajstić information content (AvgIpc) is 2.08. The van der Waals surface area contributed by atoms with Crippen molar-refractivity contribution >= 4 is 0 Å². The fourth-order valence-corrected chi connectivity index (χ4v) is 1.81. The summed E-state index contributed by atoms with van der Waals surface area (Å²) in [7, 11) is 0. The van der Waals surface area contributed by atoms with Crippen molar-refractivity contribution in [3.63, 3.8) is 0 Å². The molecule has 0 radical (unpaired) electrons. The minimum atomic E-state index is -0.0619. The van der Waals surface area contributed by atoms with Crippen molar-refractivity contribution in [1.82, 2.24) is 5.32 Å². The van der Waals surface area contributed by atoms with Crippen LogP contribution in [0.5, 0.6) is 0 Å². The Labute approximate surface area is 69.3 Å². The van der Waals surface area contributed by atoms with Gasteiger partial charge in [-0.3, -0.25) is 5.32 Å². The minimum absolute atomic E-state index is 0.0619. The van der Waals surface area contributed by atoms with E-state index in [0.29, 0.717) is 12.0 Å². The lowest BCUT2D eigenvalue weighted by molar-refractivity contribution is -0.00997. The van der Waals surface area contributed by atoms with Crippen LogP contribution >= 0.6 is 0 Å². The third kappa shape index (κ3) is 2.46. The number of rotatable bonds is 2. The van der Waals surface area contributed by atoms with Gasteiger partial charge in [0.2, 0.25) is 0 Å². The van der Waals surface area contributed by atoms with Gasteiger partial charge in [-0.05, 0) is 26.2 Å². The van der Waals surface area contributed by atoms with Crippen molar-refractivity contribution in [2.45, 2.75) is 45.9 Å². The van der Waals surface area contributed by atoms with E-state index in [1.54, 1.807) is 0 Å². The van der Waals surface area contributed by atoms with Crippen molar-refractivity contribution < 1.29 is 4.74 Å². The molecular weight excluding hydrogens is 138 g/mol. The highest BCUT2D eigenvalue weighted by Gasteiger charge is 2.33. The summed E-state index contributed by atoms with van der Waals surface area (Å²) in [6.45, 7) is 9.59. The summed E-state index contributed by atoms with van der Waals surface area (Å²) in [6.07, 6.45) is 1.09. The molecule has 0 amide bonds. The zero-order chi connectivity index (χ0) is 8.48. The molecule has 0 aromatic rings. The van der Waals surface area contributed by atoms with Crippen LogP contribution in [0.1, 0.15) is 34.1 Å². The van der Waals surface area contributed by atoms with Crippen molar-refractivity contribution in [3.05, 3.63) is 0 Å². The van der Waals surface area contributed by atoms with Crippen molar-refractivity contribution in [2.24, 2.45) is 5.92 Å². The summed E-state index contributed by atoms with van der Waals surface area (Å²) >= 11 is 0. The van der Waals surface area contributed by atoms with Gasteiger partial charge in [-0.2, -0.15) is 0 Å². The van der Waals surface area contributed by atoms with Gasteiger partial charge in [0.25, 0.3) is 0 Å². The standard InChI is InChI=1S/C9H19NO/c1-7(2)5-9(4)10-8(3)6-11-9/h7-8,10H,5-6H2,1-4H3/t8-,9-/m1/s1. The highest BCUT2D eigenvalue weighted by Crippen LogP contribution is 2.23. The summed E-state index contributed by atoms with van der Waals surface area (Å²) in [4.78, 5) is 0. The quantitative estimate of drug-likeness (QED) is 0.659. The molecule has 1 saturated heterocycles. The predicted molar refractivity (Wildman–Crippen MR) is 46.4 cm³/mol. The van der Waals surface area contributed by atoms with Gasteiger partial charge in [-0.15, -0.1) is 0 Å². The van der Waals surface area contributed by atoms with Gasteiger partial charge < -0.3 is 4.74 Å². The Morgan fingerprint density at radius 2 is 2.27 bits per heavy atom. The Kier molecular flexibility index (Phi) is 2.55. The van der Waals surface area contributed by atoms with Crippen LogP contribution in [-0.4, -0.2) is 18.4 Å². The molecule has 1 aliphatic rings. The van der Waals surface area contributed by atoms with Crippen LogP contribution < -0.4 is 5.32 Å². The first-order valence-electron chi connectivity index (χ1n) is 4.43. The van der Waals surface area contributed by atoms with Gasteiger partial charge in [0.05, 0.1) is 6.61 Å². The molecule has 1 fully saturated rings. The van der Waals surface area contributed by atoms with E-state index >= 15 is 0 Å². The molecule has 0 spiro atoms. The van der Waals surface area contributed by atoms with Crippen molar-refractivity contribution in [2.75, 3.05) is 6.61 Å². The molecular formula is C9H19NO. The monoisotopic (exact) mass is 157 g/mol. The van der Waals surface area contributed by atoms with E-state index in [0.717, 1.165) is 13.0 Å². The third-order valence-corrected chi connectivity index (χ3v) is 2.00. The topological polar surface area (TPSA) is 21.3 Å². The molecule has 1 N–H and O–H groups in total. The van der Waals surface area contributed by atoms with Gasteiger partial charge in [0.1, 0.15) is 5.72 Å². The SMILES string of the molecule is CC(C)C[C@]1(C)N[C@H](C)CO1. The lowest BCUT2D eigenvalue weighted by Crippen LogP contribution is -2.41. The molecule has 1 rings (SSSR count). The van der Waals surface area contributed by atoms with Crippen LogP contribution in [0.15, 0.2) is 0 Å². The third-order valence-electron chi connectivity index (χ3n) is 2.00. The van der Waals surface area contributed by atoms with Gasteiger partial charge in [-0.1, -0.05) is 13.8 Å². The van der Waals surface area contributed by atoms with E-state index in [9.17, 15) is 0 Å². The Hall–Kier alpha value is -0.0800. The van der Waals surface area contributed by atoms with Gasteiger partial charge in [-0.25, -0.2) is 0 Å². The first-order chi connectivity index (χ1) is 5.02. The van der Waals surface area contributed by atoms with Crippen LogP contribution in [0.2, 0.25) is 0 Å². The molecule has 0 unspecified atom stereocenters. The largest absolute Gasteiger partial charge is 0.359 e. The molecule has 11 heavy (non-hydrogen) atoms. The maximum Gasteiger partial charge on any atom is 0.116 e. The molecule has 2 heteroatoms. The number of nitrogens with one attached hydrogen (secondary N) is 1. The van der Waals surface area contributed by atoms with E-state index in [-0.39, 0.29) is 5.72 Å². The Morgan fingerprint density at radius 3 is 2.64 bits per heavy atom. The lowest BCUT2D eigenvalue weighted by atomic mass is 10.0. The van der Waals surface area contributed by atoms with E-state index in [1.807, 2.05) is 0 Å². The van der Waals surface area contributed by atoms with Crippen LogP contribution in [0.3, 0.4) is 0 Å². The summed E-state index contributed by atoms with van der Waals surface area (Å²) in [6, 6.07) is 0.513. The Bertz CT molecular complexity index is 136. The Balaban J connectivity index is 2.42. The van der Waals surface area contributed by atoms with E-state index in [4.69, 9.17) is 4.74 Å². The molecule has 0 aliphatic carbocycles. The summed E-state index contributed by atoms with van der Waals surface area (Å²) in [5, 5.41) is 3.44. The number of ether oxygens (including phenoxy) is 1. The molecule has 0 aromatic carbocycles. The fraction of sp³-hybridized carbons (Fsp3) is 1.00. The molecule has 0 bridgehead atoms. The van der Waals surface area contributed by atoms with Gasteiger partial charge >= 0.3 is 0 Å². The van der Waals surface area contributed by atoms with Crippen molar-refractivity contribution in [1.29, 1.82) is 0 Å². The predicted octanol–water partition coefficient (Wildman–Crippen LogP) is 1.76. The fourth-order valence-electron chi connectivity index (χ4n) is 1.81. The second-order valence-electron chi connectivity index (χ2n) is 4.19. The highest BCUT2D eigenvalue weighted by atomic mass is 16.5. The molecule has 1 heterocycles. The van der Waals surface area contributed by atoms with Crippen LogP contribution in [-0.2, 0) is 4.74 Å². The molecule has 0 saturated carbocycles. The molecule has 2 nitrogen and oxygen atoms in total. The van der Waals surface area contributed by atoms with Gasteiger partial charge in [0.15, 0.2) is 0 Å². The molecule has 2 atom stereocenters. The second-order valence-corrected chi connectivity index (χ2v) is 4.19. The van der Waals surface area contributed by atoms with Gasteiger partial charge in [0, 0.05) is 6.04 Å². The van der Waals surface area contributed by atoms with E-state index < -0.39 is 0 Å². The molecule has 66 valence electrons. The summed E-state index contributed by atoms with van der Waals surface area (Å²) < 4.78 is 5.65. The zero-order valence-electron chi connectivity index (χ0n) is 7.98. The highest BCUT2D eigenvalue weighted by molar-refractivity contribution is 4.83. The number of hydrogen-bond acceptors (Lipinski definition) is 2. The minimum Gasteiger partial charge on any atom is -0.359 e. The smallest absolute Gasteiger partial charge is 0.116 e. The second kappa shape index (κ2) is 3.11. The zero-order valence-corrected chi connectivity index (χ0v) is 7.98. The molecule has 1 aliphatic heterocycles. The molecule has 0 aromatic heterocycles. The normalized spacial score (nSPS) is 38.5. The first kappa shape index (κ1) is 9.01. The van der Waals surface area contributed by atoms with E-state index in [2.05, 4.69) is 33.0 Å². The average molecular weight is 157 g/mol. The van der Waals surface area contributed by atoms with E-state index in [1.165, 1.54) is 0 Å². The van der Waals surface area contributed by atoms with Crippen LogP contribution in [0.4, 0.5) is 0 Å².